The molecule has 0 heterocycles. The van der Waals surface area contributed by atoms with Crippen molar-refractivity contribution >= 4 is 21.4 Å². The normalized spacial score (nSPS) is 13.3. The minimum absolute atomic E-state index is 0.255. The third-order valence-corrected chi connectivity index (χ3v) is 4.51. The van der Waals surface area contributed by atoms with Gasteiger partial charge in [-0.05, 0) is 49.4 Å². The molecule has 1 atom stereocenters. The number of hydrogen-bond donors (Lipinski definition) is 1. The van der Waals surface area contributed by atoms with Gasteiger partial charge in [-0.2, -0.15) is 0 Å². The molecule has 0 spiro atoms. The maximum absolute atomic E-state index is 11.2. The molecule has 0 aromatic heterocycles. The largest absolute Gasteiger partial charge is 0.316 e. The smallest absolute Gasteiger partial charge is 0.147 e. The van der Waals surface area contributed by atoms with Gasteiger partial charge in [-0.1, -0.05) is 30.7 Å². The first-order valence-electron chi connectivity index (χ1n) is 7.06. The molecule has 0 radical (unpaired) electrons. The minimum atomic E-state index is -2.88. The molecule has 0 fully saturated rings. The van der Waals surface area contributed by atoms with Gasteiger partial charge in [-0.3, -0.25) is 0 Å². The lowest BCUT2D eigenvalue weighted by Crippen LogP contribution is -2.23. The Hall–Kier alpha value is -0.580. The number of sulfone groups is 1. The fourth-order valence-electron chi connectivity index (χ4n) is 2.17. The summed E-state index contributed by atoms with van der Waals surface area (Å²) < 4.78 is 22.4. The first-order chi connectivity index (χ1) is 9.42. The molecule has 1 aromatic rings. The van der Waals surface area contributed by atoms with Crippen molar-refractivity contribution in [3.8, 4) is 0 Å². The first kappa shape index (κ1) is 17.5. The molecule has 5 heteroatoms. The summed E-state index contributed by atoms with van der Waals surface area (Å²) in [7, 11) is -2.88. The Balaban J connectivity index is 2.62. The third kappa shape index (κ3) is 7.27. The SMILES string of the molecule is CCCNCC(CCCS(C)(=O)=O)c1ccc(Cl)cc1. The van der Waals surface area contributed by atoms with Gasteiger partial charge in [0.05, 0.1) is 0 Å². The molecule has 0 amide bonds. The lowest BCUT2D eigenvalue weighted by Gasteiger charge is -2.18. The van der Waals surface area contributed by atoms with Crippen LogP contribution in [0.1, 0.15) is 37.7 Å². The van der Waals surface area contributed by atoms with Gasteiger partial charge in [0.2, 0.25) is 0 Å². The van der Waals surface area contributed by atoms with Crippen LogP contribution >= 0.6 is 11.6 Å². The maximum atomic E-state index is 11.2. The Morgan fingerprint density at radius 1 is 1.25 bits per heavy atom. The fourth-order valence-corrected chi connectivity index (χ4v) is 2.98. The molecule has 0 saturated heterocycles. The molecule has 0 bridgehead atoms. The molecule has 1 aromatic carbocycles. The van der Waals surface area contributed by atoms with Crippen molar-refractivity contribution in [1.29, 1.82) is 0 Å². The highest BCUT2D eigenvalue weighted by Crippen LogP contribution is 2.22. The van der Waals surface area contributed by atoms with Gasteiger partial charge in [0, 0.05) is 23.6 Å². The molecular weight excluding hydrogens is 294 g/mol. The molecule has 0 saturated carbocycles. The topological polar surface area (TPSA) is 46.2 Å². The van der Waals surface area contributed by atoms with E-state index in [1.807, 2.05) is 24.3 Å². The van der Waals surface area contributed by atoms with E-state index in [-0.39, 0.29) is 5.75 Å². The van der Waals surface area contributed by atoms with Crippen LogP contribution < -0.4 is 5.32 Å². The summed E-state index contributed by atoms with van der Waals surface area (Å²) in [6, 6.07) is 7.84. The average molecular weight is 318 g/mol. The van der Waals surface area contributed by atoms with Crippen molar-refractivity contribution in [2.45, 2.75) is 32.1 Å². The predicted molar refractivity (Wildman–Crippen MR) is 86.3 cm³/mol. The molecule has 3 nitrogen and oxygen atoms in total. The highest BCUT2D eigenvalue weighted by molar-refractivity contribution is 7.90. The van der Waals surface area contributed by atoms with Crippen molar-refractivity contribution < 1.29 is 8.42 Å². The molecule has 1 rings (SSSR count). The fraction of sp³-hybridized carbons (Fsp3) is 0.600. The Kier molecular flexibility index (Phi) is 7.56. The summed E-state index contributed by atoms with van der Waals surface area (Å²) >= 11 is 5.91. The van der Waals surface area contributed by atoms with Gasteiger partial charge in [0.1, 0.15) is 9.84 Å². The molecule has 0 aliphatic rings. The Morgan fingerprint density at radius 2 is 1.90 bits per heavy atom. The second kappa shape index (κ2) is 8.65. The molecule has 20 heavy (non-hydrogen) atoms. The zero-order chi connectivity index (χ0) is 15.0. The van der Waals surface area contributed by atoms with Gasteiger partial charge < -0.3 is 5.32 Å². The summed E-state index contributed by atoms with van der Waals surface area (Å²) in [6.45, 7) is 3.99. The zero-order valence-corrected chi connectivity index (χ0v) is 13.8. The number of hydrogen-bond acceptors (Lipinski definition) is 3. The van der Waals surface area contributed by atoms with E-state index in [0.29, 0.717) is 12.3 Å². The van der Waals surface area contributed by atoms with E-state index in [1.165, 1.54) is 11.8 Å². The number of benzene rings is 1. The van der Waals surface area contributed by atoms with E-state index in [9.17, 15) is 8.42 Å². The van der Waals surface area contributed by atoms with E-state index < -0.39 is 9.84 Å². The van der Waals surface area contributed by atoms with Crippen LogP contribution in [0, 0.1) is 0 Å². The molecular formula is C15H24ClNO2S. The van der Waals surface area contributed by atoms with Gasteiger partial charge in [0.25, 0.3) is 0 Å². The maximum Gasteiger partial charge on any atom is 0.147 e. The van der Waals surface area contributed by atoms with Crippen molar-refractivity contribution in [2.75, 3.05) is 25.1 Å². The number of nitrogens with one attached hydrogen (secondary N) is 1. The Morgan fingerprint density at radius 3 is 2.45 bits per heavy atom. The molecule has 114 valence electrons. The van der Waals surface area contributed by atoms with Gasteiger partial charge in [-0.15, -0.1) is 0 Å². The molecule has 1 N–H and O–H groups in total. The van der Waals surface area contributed by atoms with Crippen LogP contribution in [-0.2, 0) is 9.84 Å². The van der Waals surface area contributed by atoms with Crippen LogP contribution in [0.3, 0.4) is 0 Å². The van der Waals surface area contributed by atoms with Crippen LogP contribution in [0.25, 0.3) is 0 Å². The second-order valence-electron chi connectivity index (χ2n) is 5.22. The van der Waals surface area contributed by atoms with Crippen LogP contribution in [0.2, 0.25) is 5.02 Å². The summed E-state index contributed by atoms with van der Waals surface area (Å²) in [5, 5.41) is 4.14. The Bertz CT molecular complexity index is 485. The third-order valence-electron chi connectivity index (χ3n) is 3.23. The van der Waals surface area contributed by atoms with Crippen LogP contribution in [-0.4, -0.2) is 33.5 Å². The first-order valence-corrected chi connectivity index (χ1v) is 9.50. The zero-order valence-electron chi connectivity index (χ0n) is 12.2. The highest BCUT2D eigenvalue weighted by Gasteiger charge is 2.12. The Labute approximate surface area is 127 Å². The molecule has 1 unspecified atom stereocenters. The predicted octanol–water partition coefficient (Wildman–Crippen LogP) is 3.25. The quantitative estimate of drug-likeness (QED) is 0.711. The van der Waals surface area contributed by atoms with Crippen LogP contribution in [0.15, 0.2) is 24.3 Å². The van der Waals surface area contributed by atoms with Gasteiger partial charge >= 0.3 is 0 Å². The minimum Gasteiger partial charge on any atom is -0.316 e. The lowest BCUT2D eigenvalue weighted by molar-refractivity contribution is 0.539. The van der Waals surface area contributed by atoms with Crippen molar-refractivity contribution in [1.82, 2.24) is 5.32 Å². The summed E-state index contributed by atoms with van der Waals surface area (Å²) in [5.74, 6) is 0.589. The molecule has 0 aliphatic heterocycles. The van der Waals surface area contributed by atoms with Crippen LogP contribution in [0.5, 0.6) is 0 Å². The second-order valence-corrected chi connectivity index (χ2v) is 7.92. The van der Waals surface area contributed by atoms with Crippen molar-refractivity contribution in [3.05, 3.63) is 34.9 Å². The monoisotopic (exact) mass is 317 g/mol. The number of halogens is 1. The summed E-state index contributed by atoms with van der Waals surface area (Å²) in [6.07, 6.45) is 3.95. The van der Waals surface area contributed by atoms with E-state index >= 15 is 0 Å². The van der Waals surface area contributed by atoms with Crippen molar-refractivity contribution in [2.24, 2.45) is 0 Å². The standard InChI is InChI=1S/C15H24ClNO2S/c1-3-10-17-12-14(5-4-11-20(2,18)19)13-6-8-15(16)9-7-13/h6-9,14,17H,3-5,10-12H2,1-2H3. The molecule has 0 aliphatic carbocycles. The van der Waals surface area contributed by atoms with E-state index in [2.05, 4.69) is 12.2 Å². The van der Waals surface area contributed by atoms with E-state index in [0.717, 1.165) is 31.0 Å². The van der Waals surface area contributed by atoms with Gasteiger partial charge in [0.15, 0.2) is 0 Å². The lowest BCUT2D eigenvalue weighted by atomic mass is 9.94. The summed E-state index contributed by atoms with van der Waals surface area (Å²) in [5.41, 5.74) is 1.21. The van der Waals surface area contributed by atoms with Crippen LogP contribution in [0.4, 0.5) is 0 Å². The number of rotatable bonds is 9. The van der Waals surface area contributed by atoms with Gasteiger partial charge in [-0.25, -0.2) is 8.42 Å². The highest BCUT2D eigenvalue weighted by atomic mass is 35.5. The van der Waals surface area contributed by atoms with E-state index in [1.54, 1.807) is 0 Å². The van der Waals surface area contributed by atoms with Crippen molar-refractivity contribution in [3.63, 3.8) is 0 Å². The summed E-state index contributed by atoms with van der Waals surface area (Å²) in [4.78, 5) is 0. The van der Waals surface area contributed by atoms with E-state index in [4.69, 9.17) is 11.6 Å². The average Bonchev–Trinajstić information content (AvgIpc) is 2.37.